The molecule has 1 aliphatic heterocycles. The lowest BCUT2D eigenvalue weighted by Gasteiger charge is -2.12. The van der Waals surface area contributed by atoms with Gasteiger partial charge >= 0.3 is 5.97 Å². The molecule has 1 aliphatic rings. The number of carbonyl (C=O) groups excluding carboxylic acids is 4. The van der Waals surface area contributed by atoms with E-state index in [0.29, 0.717) is 22.6 Å². The van der Waals surface area contributed by atoms with Crippen molar-refractivity contribution in [1.29, 1.82) is 0 Å². The van der Waals surface area contributed by atoms with Crippen molar-refractivity contribution < 1.29 is 28.7 Å². The maximum Gasteiger partial charge on any atom is 0.343 e. The Hall–Kier alpha value is -4.37. The molecule has 8 nitrogen and oxygen atoms in total. The van der Waals surface area contributed by atoms with Crippen LogP contribution in [0, 0.1) is 0 Å². The molecule has 0 aromatic heterocycles. The third-order valence-corrected chi connectivity index (χ3v) is 5.83. The monoisotopic (exact) mass is 488 g/mol. The summed E-state index contributed by atoms with van der Waals surface area (Å²) in [6.45, 7) is -0.392. The van der Waals surface area contributed by atoms with Gasteiger partial charge in [0.1, 0.15) is 18.0 Å². The van der Waals surface area contributed by atoms with Gasteiger partial charge in [-0.15, -0.1) is 0 Å². The number of carbonyl (C=O) groups is 4. The van der Waals surface area contributed by atoms with Gasteiger partial charge in [-0.1, -0.05) is 30.3 Å². The predicted molar refractivity (Wildman–Crippen MR) is 132 cm³/mol. The summed E-state index contributed by atoms with van der Waals surface area (Å²) in [5.74, 6) is -0.693. The van der Waals surface area contributed by atoms with Gasteiger partial charge in [0.15, 0.2) is 0 Å². The highest BCUT2D eigenvalue weighted by Crippen LogP contribution is 2.32. The van der Waals surface area contributed by atoms with E-state index in [2.05, 4.69) is 5.32 Å². The first kappa shape index (κ1) is 23.8. The summed E-state index contributed by atoms with van der Waals surface area (Å²) in [6.07, 6.45) is 1.52. The number of nitrogens with zero attached hydrogens (tertiary/aromatic N) is 1. The van der Waals surface area contributed by atoms with Crippen LogP contribution in [0.2, 0.25) is 0 Å². The van der Waals surface area contributed by atoms with Crippen molar-refractivity contribution in [1.82, 2.24) is 4.90 Å². The number of hydrogen-bond donors (Lipinski definition) is 1. The first-order valence-corrected chi connectivity index (χ1v) is 11.3. The highest BCUT2D eigenvalue weighted by atomic mass is 32.2. The summed E-state index contributed by atoms with van der Waals surface area (Å²) >= 11 is 0.744. The molecular weight excluding hydrogens is 468 g/mol. The van der Waals surface area contributed by atoms with Gasteiger partial charge in [-0.3, -0.25) is 19.3 Å². The Bertz CT molecular complexity index is 1300. The maximum absolute atomic E-state index is 12.7. The summed E-state index contributed by atoms with van der Waals surface area (Å²) in [5, 5.41) is 2.12. The van der Waals surface area contributed by atoms with Gasteiger partial charge in [-0.2, -0.15) is 0 Å². The molecule has 0 spiro atoms. The lowest BCUT2D eigenvalue weighted by atomic mass is 10.2. The van der Waals surface area contributed by atoms with Gasteiger partial charge < -0.3 is 14.8 Å². The van der Waals surface area contributed by atoms with E-state index < -0.39 is 29.6 Å². The molecule has 3 aromatic rings. The number of esters is 1. The zero-order chi connectivity index (χ0) is 24.8. The molecule has 1 fully saturated rings. The number of hydrogen-bond acceptors (Lipinski definition) is 7. The topological polar surface area (TPSA) is 102 Å². The second-order valence-electron chi connectivity index (χ2n) is 7.37. The first-order valence-electron chi connectivity index (χ1n) is 10.5. The Labute approximate surface area is 205 Å². The number of imide groups is 1. The average Bonchev–Trinajstić information content (AvgIpc) is 3.12. The van der Waals surface area contributed by atoms with E-state index in [1.807, 2.05) is 6.07 Å². The fraction of sp³-hybridized carbons (Fsp3) is 0.0769. The fourth-order valence-corrected chi connectivity index (χ4v) is 4.05. The van der Waals surface area contributed by atoms with Crippen LogP contribution in [0.3, 0.4) is 0 Å². The van der Waals surface area contributed by atoms with Gasteiger partial charge in [0.05, 0.1) is 17.6 Å². The van der Waals surface area contributed by atoms with Gasteiger partial charge in [-0.05, 0) is 71.9 Å². The number of benzene rings is 3. The van der Waals surface area contributed by atoms with Crippen molar-refractivity contribution in [2.24, 2.45) is 0 Å². The fourth-order valence-electron chi connectivity index (χ4n) is 3.21. The van der Waals surface area contributed by atoms with Crippen LogP contribution < -0.4 is 14.8 Å². The van der Waals surface area contributed by atoms with Crippen molar-refractivity contribution in [3.8, 4) is 11.5 Å². The van der Waals surface area contributed by atoms with Crippen LogP contribution in [0.25, 0.3) is 6.08 Å². The maximum atomic E-state index is 12.7. The minimum atomic E-state index is -0.566. The van der Waals surface area contributed by atoms with Crippen molar-refractivity contribution in [3.05, 3.63) is 94.9 Å². The van der Waals surface area contributed by atoms with Crippen LogP contribution in [0.15, 0.2) is 83.8 Å². The SMILES string of the molecule is COc1ccc(C(=O)Oc2cccc(/C=C3\SC(=O)N(CC(=O)Nc4ccccc4)C3=O)c2)cc1. The van der Waals surface area contributed by atoms with E-state index in [0.717, 1.165) is 16.7 Å². The summed E-state index contributed by atoms with van der Waals surface area (Å²) in [5.41, 5.74) is 1.48. The van der Waals surface area contributed by atoms with Crippen LogP contribution in [0.4, 0.5) is 10.5 Å². The molecule has 1 heterocycles. The second kappa shape index (κ2) is 10.7. The van der Waals surface area contributed by atoms with Crippen molar-refractivity contribution in [3.63, 3.8) is 0 Å². The van der Waals surface area contributed by atoms with Crippen LogP contribution in [-0.4, -0.2) is 41.6 Å². The van der Waals surface area contributed by atoms with Gasteiger partial charge in [0.25, 0.3) is 11.1 Å². The number of nitrogens with one attached hydrogen (secondary N) is 1. The zero-order valence-corrected chi connectivity index (χ0v) is 19.4. The summed E-state index contributed by atoms with van der Waals surface area (Å²) < 4.78 is 10.5. The Morgan fingerprint density at radius 3 is 2.40 bits per heavy atom. The number of methoxy groups -OCH3 is 1. The molecule has 1 N–H and O–H groups in total. The smallest absolute Gasteiger partial charge is 0.343 e. The molecular formula is C26H20N2O6S. The number of thioether (sulfide) groups is 1. The standard InChI is InChI=1S/C26H20N2O6S/c1-33-20-12-10-18(11-13-20)25(31)34-21-9-5-6-17(14-21)15-22-24(30)28(26(32)35-22)16-23(29)27-19-7-3-2-4-8-19/h2-15H,16H2,1H3,(H,27,29)/b22-15-. The normalized spacial score (nSPS) is 14.2. The number of para-hydroxylation sites is 1. The molecule has 0 aliphatic carbocycles. The molecule has 1 saturated heterocycles. The van der Waals surface area contributed by atoms with E-state index >= 15 is 0 Å². The molecule has 3 amide bonds. The van der Waals surface area contributed by atoms with E-state index in [1.165, 1.54) is 13.2 Å². The molecule has 35 heavy (non-hydrogen) atoms. The van der Waals surface area contributed by atoms with Crippen molar-refractivity contribution in [2.75, 3.05) is 19.0 Å². The van der Waals surface area contributed by atoms with Crippen molar-refractivity contribution in [2.45, 2.75) is 0 Å². The predicted octanol–water partition coefficient (Wildman–Crippen LogP) is 4.59. The van der Waals surface area contributed by atoms with E-state index in [4.69, 9.17) is 9.47 Å². The molecule has 0 saturated carbocycles. The Kier molecular flexibility index (Phi) is 7.27. The molecule has 0 unspecified atom stereocenters. The lowest BCUT2D eigenvalue weighted by molar-refractivity contribution is -0.127. The van der Waals surface area contributed by atoms with Gasteiger partial charge in [0.2, 0.25) is 5.91 Å². The highest BCUT2D eigenvalue weighted by Gasteiger charge is 2.36. The highest BCUT2D eigenvalue weighted by molar-refractivity contribution is 8.18. The summed E-state index contributed by atoms with van der Waals surface area (Å²) in [6, 6.07) is 21.8. The molecule has 176 valence electrons. The zero-order valence-electron chi connectivity index (χ0n) is 18.6. The minimum Gasteiger partial charge on any atom is -0.497 e. The molecule has 3 aromatic carbocycles. The van der Waals surface area contributed by atoms with Gasteiger partial charge in [-0.25, -0.2) is 4.79 Å². The second-order valence-corrected chi connectivity index (χ2v) is 8.37. The quantitative estimate of drug-likeness (QED) is 0.295. The molecule has 0 radical (unpaired) electrons. The third kappa shape index (κ3) is 5.96. The Balaban J connectivity index is 1.42. The van der Waals surface area contributed by atoms with Crippen molar-refractivity contribution >= 4 is 46.5 Å². The third-order valence-electron chi connectivity index (χ3n) is 4.92. The number of ether oxygens (including phenoxy) is 2. The van der Waals surface area contributed by atoms with Crippen LogP contribution in [-0.2, 0) is 9.59 Å². The van der Waals surface area contributed by atoms with Crippen LogP contribution in [0.1, 0.15) is 15.9 Å². The van der Waals surface area contributed by atoms with E-state index in [1.54, 1.807) is 72.8 Å². The molecule has 0 atom stereocenters. The average molecular weight is 489 g/mol. The molecule has 9 heteroatoms. The first-order chi connectivity index (χ1) is 16.9. The lowest BCUT2D eigenvalue weighted by Crippen LogP contribution is -2.36. The van der Waals surface area contributed by atoms with E-state index in [9.17, 15) is 19.2 Å². The Morgan fingerprint density at radius 2 is 1.69 bits per heavy atom. The number of rotatable bonds is 7. The minimum absolute atomic E-state index is 0.168. The van der Waals surface area contributed by atoms with Gasteiger partial charge in [0, 0.05) is 5.69 Å². The molecule has 4 rings (SSSR count). The summed E-state index contributed by atoms with van der Waals surface area (Å²) in [4.78, 5) is 50.9. The Morgan fingerprint density at radius 1 is 0.943 bits per heavy atom. The van der Waals surface area contributed by atoms with Crippen LogP contribution in [0.5, 0.6) is 11.5 Å². The molecule has 0 bridgehead atoms. The summed E-state index contributed by atoms with van der Waals surface area (Å²) in [7, 11) is 1.53. The number of anilines is 1. The number of amides is 3. The van der Waals surface area contributed by atoms with Crippen LogP contribution >= 0.6 is 11.8 Å². The largest absolute Gasteiger partial charge is 0.497 e. The van der Waals surface area contributed by atoms with E-state index in [-0.39, 0.29) is 10.7 Å².